The Morgan fingerprint density at radius 1 is 1.16 bits per heavy atom. The molecule has 2 atom stereocenters. The Morgan fingerprint density at radius 2 is 1.91 bits per heavy atom. The zero-order valence-corrected chi connectivity index (χ0v) is 19.1. The third kappa shape index (κ3) is 5.47. The van der Waals surface area contributed by atoms with Crippen molar-refractivity contribution in [2.24, 2.45) is 23.7 Å². The van der Waals surface area contributed by atoms with Crippen molar-refractivity contribution < 1.29 is 13.9 Å². The lowest BCUT2D eigenvalue weighted by atomic mass is 9.78. The van der Waals surface area contributed by atoms with Crippen molar-refractivity contribution in [2.75, 3.05) is 32.8 Å². The van der Waals surface area contributed by atoms with E-state index >= 15 is 0 Å². The Morgan fingerprint density at radius 3 is 2.59 bits per heavy atom. The Bertz CT molecular complexity index is 884. The van der Waals surface area contributed by atoms with Crippen LogP contribution in [-0.2, 0) is 11.3 Å². The zero-order valence-electron chi connectivity index (χ0n) is 19.1. The minimum absolute atomic E-state index is 0.0517. The molecule has 2 aliphatic heterocycles. The van der Waals surface area contributed by atoms with Gasteiger partial charge < -0.3 is 9.64 Å². The topological polar surface area (TPSA) is 45.7 Å². The van der Waals surface area contributed by atoms with E-state index in [1.54, 1.807) is 12.3 Å². The van der Waals surface area contributed by atoms with Crippen LogP contribution in [0.2, 0.25) is 0 Å². The van der Waals surface area contributed by atoms with Crippen LogP contribution in [0.3, 0.4) is 0 Å². The summed E-state index contributed by atoms with van der Waals surface area (Å²) in [6.07, 6.45) is 5.01. The molecule has 6 heteroatoms. The third-order valence-electron chi connectivity index (χ3n) is 6.98. The number of pyridine rings is 1. The number of likely N-dealkylation sites (tertiary alicyclic amines) is 2. The molecule has 1 aromatic carbocycles. The van der Waals surface area contributed by atoms with Crippen molar-refractivity contribution in [1.82, 2.24) is 14.8 Å². The number of piperidine rings is 1. The number of aromatic nitrogens is 1. The molecule has 0 N–H and O–H groups in total. The van der Waals surface area contributed by atoms with Crippen LogP contribution >= 0.6 is 0 Å². The molecule has 2 fully saturated rings. The van der Waals surface area contributed by atoms with Gasteiger partial charge in [-0.05, 0) is 42.9 Å². The number of amides is 1. The summed E-state index contributed by atoms with van der Waals surface area (Å²) in [5.74, 6) is 2.39. The molecule has 5 nitrogen and oxygen atoms in total. The van der Waals surface area contributed by atoms with E-state index in [1.165, 1.54) is 6.20 Å². The van der Waals surface area contributed by atoms with E-state index < -0.39 is 0 Å². The SMILES string of the molecule is CC(C)C(=O)N1CCC([C@@H]2CN(Cc3ccncc3F)C[C@H]2COc2ccccc2)CC1. The minimum Gasteiger partial charge on any atom is -0.493 e. The molecular formula is C26H34FN3O2. The first kappa shape index (κ1) is 22.7. The van der Waals surface area contributed by atoms with Gasteiger partial charge >= 0.3 is 0 Å². The molecule has 2 aliphatic rings. The molecule has 3 heterocycles. The van der Waals surface area contributed by atoms with Crippen molar-refractivity contribution in [3.63, 3.8) is 0 Å². The highest BCUT2D eigenvalue weighted by Gasteiger charge is 2.40. The molecule has 0 radical (unpaired) electrons. The van der Waals surface area contributed by atoms with Gasteiger partial charge in [-0.2, -0.15) is 0 Å². The monoisotopic (exact) mass is 439 g/mol. The van der Waals surface area contributed by atoms with Crippen molar-refractivity contribution in [3.05, 3.63) is 60.2 Å². The highest BCUT2D eigenvalue weighted by atomic mass is 19.1. The van der Waals surface area contributed by atoms with E-state index in [4.69, 9.17) is 4.74 Å². The second kappa shape index (κ2) is 10.4. The second-order valence-electron chi connectivity index (χ2n) is 9.53. The molecule has 0 aliphatic carbocycles. The van der Waals surface area contributed by atoms with Gasteiger partial charge in [0.15, 0.2) is 0 Å². The summed E-state index contributed by atoms with van der Waals surface area (Å²) in [5, 5.41) is 0. The molecule has 1 amide bonds. The van der Waals surface area contributed by atoms with Gasteiger partial charge in [-0.1, -0.05) is 32.0 Å². The predicted molar refractivity (Wildman–Crippen MR) is 123 cm³/mol. The number of carbonyl (C=O) groups is 1. The Labute approximate surface area is 190 Å². The van der Waals surface area contributed by atoms with Gasteiger partial charge in [0.1, 0.15) is 11.6 Å². The molecule has 2 saturated heterocycles. The number of hydrogen-bond donors (Lipinski definition) is 0. The van der Waals surface area contributed by atoms with E-state index in [-0.39, 0.29) is 17.6 Å². The summed E-state index contributed by atoms with van der Waals surface area (Å²) in [4.78, 5) is 20.6. The maximum atomic E-state index is 14.2. The van der Waals surface area contributed by atoms with Gasteiger partial charge in [-0.15, -0.1) is 0 Å². The molecule has 1 aromatic heterocycles. The quantitative estimate of drug-likeness (QED) is 0.647. The van der Waals surface area contributed by atoms with E-state index in [9.17, 15) is 9.18 Å². The van der Waals surface area contributed by atoms with Crippen molar-refractivity contribution in [1.29, 1.82) is 0 Å². The van der Waals surface area contributed by atoms with Gasteiger partial charge in [-0.3, -0.25) is 14.7 Å². The number of benzene rings is 1. The summed E-state index contributed by atoms with van der Waals surface area (Å²) in [6.45, 7) is 8.70. The number of halogens is 1. The predicted octanol–water partition coefficient (Wildman–Crippen LogP) is 4.24. The smallest absolute Gasteiger partial charge is 0.225 e. The maximum absolute atomic E-state index is 14.2. The molecule has 32 heavy (non-hydrogen) atoms. The number of ether oxygens (including phenoxy) is 1. The first-order valence-corrected chi connectivity index (χ1v) is 11.8. The molecule has 172 valence electrons. The third-order valence-corrected chi connectivity index (χ3v) is 6.98. The normalized spacial score (nSPS) is 22.4. The van der Waals surface area contributed by atoms with Crippen LogP contribution in [0.4, 0.5) is 4.39 Å². The van der Waals surface area contributed by atoms with E-state index in [2.05, 4.69) is 9.88 Å². The number of hydrogen-bond acceptors (Lipinski definition) is 4. The fourth-order valence-electron chi connectivity index (χ4n) is 5.23. The summed E-state index contributed by atoms with van der Waals surface area (Å²) < 4.78 is 20.3. The summed E-state index contributed by atoms with van der Waals surface area (Å²) in [5.41, 5.74) is 0.695. The van der Waals surface area contributed by atoms with Crippen molar-refractivity contribution in [2.45, 2.75) is 33.2 Å². The van der Waals surface area contributed by atoms with Crippen LogP contribution in [0.15, 0.2) is 48.8 Å². The highest BCUT2D eigenvalue weighted by molar-refractivity contribution is 5.78. The van der Waals surface area contributed by atoms with Gasteiger partial charge in [-0.25, -0.2) is 4.39 Å². The Kier molecular flexibility index (Phi) is 7.40. The summed E-state index contributed by atoms with van der Waals surface area (Å²) in [6, 6.07) is 11.7. The standard InChI is InChI=1S/C26H34FN3O2/c1-19(2)26(31)30-12-9-20(10-13-30)24-17-29(15-21-8-11-28-14-25(21)27)16-22(24)18-32-23-6-4-3-5-7-23/h3-8,11,14,19-20,22,24H,9-10,12-13,15-18H2,1-2H3/t22-,24-/m0/s1. The number of rotatable bonds is 7. The first-order chi connectivity index (χ1) is 15.5. The fraction of sp³-hybridized carbons (Fsp3) is 0.538. The molecule has 4 rings (SSSR count). The molecule has 0 spiro atoms. The molecule has 0 bridgehead atoms. The zero-order chi connectivity index (χ0) is 22.5. The maximum Gasteiger partial charge on any atom is 0.225 e. The van der Waals surface area contributed by atoms with E-state index in [0.717, 1.165) is 44.8 Å². The summed E-state index contributed by atoms with van der Waals surface area (Å²) in [7, 11) is 0. The number of para-hydroxylation sites is 1. The average molecular weight is 440 g/mol. The van der Waals surface area contributed by atoms with Gasteiger partial charge in [0.05, 0.1) is 12.8 Å². The fourth-order valence-corrected chi connectivity index (χ4v) is 5.23. The van der Waals surface area contributed by atoms with Crippen LogP contribution in [-0.4, -0.2) is 53.5 Å². The second-order valence-corrected chi connectivity index (χ2v) is 9.53. The van der Waals surface area contributed by atoms with Crippen LogP contribution < -0.4 is 4.74 Å². The lowest BCUT2D eigenvalue weighted by Crippen LogP contribution is -2.43. The van der Waals surface area contributed by atoms with Gasteiger partial charge in [0.2, 0.25) is 5.91 Å². The molecular weight excluding hydrogens is 405 g/mol. The number of carbonyl (C=O) groups excluding carboxylic acids is 1. The van der Waals surface area contributed by atoms with E-state index in [0.29, 0.717) is 36.5 Å². The van der Waals surface area contributed by atoms with Gasteiger partial charge in [0, 0.05) is 56.3 Å². The summed E-state index contributed by atoms with van der Waals surface area (Å²) >= 11 is 0. The van der Waals surface area contributed by atoms with E-state index in [1.807, 2.05) is 49.1 Å². The molecule has 0 saturated carbocycles. The van der Waals surface area contributed by atoms with Crippen LogP contribution in [0.5, 0.6) is 5.75 Å². The van der Waals surface area contributed by atoms with Crippen molar-refractivity contribution in [3.8, 4) is 5.75 Å². The van der Waals surface area contributed by atoms with Crippen molar-refractivity contribution >= 4 is 5.91 Å². The average Bonchev–Trinajstić information content (AvgIpc) is 3.22. The lowest BCUT2D eigenvalue weighted by molar-refractivity contribution is -0.136. The Hall–Kier alpha value is -2.47. The highest BCUT2D eigenvalue weighted by Crippen LogP contribution is 2.37. The number of nitrogens with zero attached hydrogens (tertiary/aromatic N) is 3. The largest absolute Gasteiger partial charge is 0.493 e. The molecule has 2 aromatic rings. The van der Waals surface area contributed by atoms with Crippen LogP contribution in [0.1, 0.15) is 32.3 Å². The first-order valence-electron chi connectivity index (χ1n) is 11.8. The Balaban J connectivity index is 1.42. The lowest BCUT2D eigenvalue weighted by Gasteiger charge is -2.37. The van der Waals surface area contributed by atoms with Crippen LogP contribution in [0.25, 0.3) is 0 Å². The minimum atomic E-state index is -0.242. The molecule has 0 unspecified atom stereocenters. The van der Waals surface area contributed by atoms with Gasteiger partial charge in [0.25, 0.3) is 0 Å². The van der Waals surface area contributed by atoms with Crippen LogP contribution in [0, 0.1) is 29.5 Å².